The molecule has 0 spiro atoms. The van der Waals surface area contributed by atoms with Crippen molar-refractivity contribution in [3.63, 3.8) is 0 Å². The molecule has 1 aliphatic heterocycles. The summed E-state index contributed by atoms with van der Waals surface area (Å²) in [6.45, 7) is 9.87. The maximum absolute atomic E-state index is 12.1. The van der Waals surface area contributed by atoms with Crippen molar-refractivity contribution in [1.82, 2.24) is 0 Å². The molecule has 196 valence electrons. The third kappa shape index (κ3) is 4.32. The molecule has 2 amide bonds. The van der Waals surface area contributed by atoms with E-state index in [9.17, 15) is 19.7 Å². The number of anilines is 2. The summed E-state index contributed by atoms with van der Waals surface area (Å²) >= 11 is 0. The number of hydrogen-bond acceptors (Lipinski definition) is 5. The number of nitrogens with one attached hydrogen (secondary N) is 1. The third-order valence-electron chi connectivity index (χ3n) is 9.34. The summed E-state index contributed by atoms with van der Waals surface area (Å²) < 4.78 is 0. The minimum atomic E-state index is -0.437. The molecule has 1 saturated heterocycles. The lowest BCUT2D eigenvalue weighted by molar-refractivity contribution is -0.383. The van der Waals surface area contributed by atoms with Crippen molar-refractivity contribution in [2.45, 2.75) is 84.0 Å². The van der Waals surface area contributed by atoms with Crippen molar-refractivity contribution in [2.24, 2.45) is 11.3 Å². The largest absolute Gasteiger partial charge is 0.379 e. The standard InChI is InChI=1S/C30H37N3O4/c1-19(2)20-6-9-23-21(16-20)7-11-26-29(3,14-5-15-30(23,26)4)18-31-24-10-8-22(17-25(24)33(36)37)32-27(34)12-13-28(32)35/h6,8-10,16-17,19,26,31H,5,7,11-15,18H2,1-4H3/t26-,29-,30-/m1/s1. The molecule has 37 heavy (non-hydrogen) atoms. The predicted molar refractivity (Wildman–Crippen MR) is 145 cm³/mol. The molecule has 0 bridgehead atoms. The van der Waals surface area contributed by atoms with E-state index in [1.807, 2.05) is 0 Å². The van der Waals surface area contributed by atoms with Crippen LogP contribution in [0.25, 0.3) is 0 Å². The van der Waals surface area contributed by atoms with E-state index in [0.717, 1.165) is 37.0 Å². The highest BCUT2D eigenvalue weighted by Crippen LogP contribution is 2.57. The normalized spacial score (nSPS) is 27.3. The molecule has 5 rings (SSSR count). The Morgan fingerprint density at radius 3 is 2.46 bits per heavy atom. The smallest absolute Gasteiger partial charge is 0.294 e. The van der Waals surface area contributed by atoms with Crippen LogP contribution >= 0.6 is 0 Å². The Morgan fingerprint density at radius 1 is 1.05 bits per heavy atom. The molecule has 1 saturated carbocycles. The SMILES string of the molecule is CC(C)c1ccc2c(c1)CC[C@@H]1[C@@](C)(CNc3ccc(N4C(=O)CCC4=O)cc3[N+](=O)[O-])CCC[C@]21C. The van der Waals surface area contributed by atoms with Gasteiger partial charge in [0.05, 0.1) is 10.6 Å². The second-order valence-corrected chi connectivity index (χ2v) is 12.0. The quantitative estimate of drug-likeness (QED) is 0.276. The van der Waals surface area contributed by atoms with Gasteiger partial charge in [-0.2, -0.15) is 0 Å². The molecule has 2 aliphatic carbocycles. The first-order valence-electron chi connectivity index (χ1n) is 13.5. The van der Waals surface area contributed by atoms with Crippen molar-refractivity contribution in [3.8, 4) is 0 Å². The van der Waals surface area contributed by atoms with Gasteiger partial charge < -0.3 is 5.32 Å². The van der Waals surface area contributed by atoms with Gasteiger partial charge in [0.15, 0.2) is 0 Å². The van der Waals surface area contributed by atoms with Crippen molar-refractivity contribution in [3.05, 3.63) is 63.2 Å². The Hall–Kier alpha value is -3.22. The van der Waals surface area contributed by atoms with E-state index in [0.29, 0.717) is 24.1 Å². The highest BCUT2D eigenvalue weighted by Gasteiger charge is 2.51. The molecule has 2 fully saturated rings. The van der Waals surface area contributed by atoms with Crippen LogP contribution in [0.3, 0.4) is 0 Å². The number of nitrogens with zero attached hydrogens (tertiary/aromatic N) is 2. The number of aryl methyl sites for hydroxylation is 1. The van der Waals surface area contributed by atoms with Gasteiger partial charge in [0.2, 0.25) is 11.8 Å². The second-order valence-electron chi connectivity index (χ2n) is 12.0. The molecular formula is C30H37N3O4. The number of nitro groups is 1. The van der Waals surface area contributed by atoms with Gasteiger partial charge in [0.1, 0.15) is 5.69 Å². The maximum Gasteiger partial charge on any atom is 0.294 e. The molecule has 3 atom stereocenters. The highest BCUT2D eigenvalue weighted by atomic mass is 16.6. The van der Waals surface area contributed by atoms with Crippen LogP contribution in [0, 0.1) is 21.4 Å². The second kappa shape index (κ2) is 9.26. The van der Waals surface area contributed by atoms with Gasteiger partial charge in [-0.05, 0) is 77.2 Å². The van der Waals surface area contributed by atoms with E-state index in [-0.39, 0.29) is 46.9 Å². The Labute approximate surface area is 218 Å². The van der Waals surface area contributed by atoms with E-state index in [1.165, 1.54) is 22.8 Å². The fourth-order valence-corrected chi connectivity index (χ4v) is 7.34. The zero-order chi connectivity index (χ0) is 26.5. The predicted octanol–water partition coefficient (Wildman–Crippen LogP) is 6.49. The lowest BCUT2D eigenvalue weighted by Gasteiger charge is -2.55. The first-order valence-corrected chi connectivity index (χ1v) is 13.5. The number of amides is 2. The van der Waals surface area contributed by atoms with Crippen LogP contribution in [0.1, 0.15) is 88.8 Å². The number of carbonyl (C=O) groups is 2. The van der Waals surface area contributed by atoms with Crippen LogP contribution in [-0.4, -0.2) is 23.3 Å². The molecule has 3 aliphatic rings. The van der Waals surface area contributed by atoms with Gasteiger partial charge in [-0.25, -0.2) is 0 Å². The van der Waals surface area contributed by atoms with Crippen molar-refractivity contribution in [1.29, 1.82) is 0 Å². The number of benzene rings is 2. The number of hydrogen-bond donors (Lipinski definition) is 1. The maximum atomic E-state index is 12.1. The van der Waals surface area contributed by atoms with E-state index in [4.69, 9.17) is 0 Å². The Kier molecular flexibility index (Phi) is 6.37. The molecule has 7 nitrogen and oxygen atoms in total. The van der Waals surface area contributed by atoms with Crippen LogP contribution in [0.2, 0.25) is 0 Å². The van der Waals surface area contributed by atoms with Crippen LogP contribution in [0.4, 0.5) is 17.1 Å². The van der Waals surface area contributed by atoms with E-state index >= 15 is 0 Å². The number of nitro benzene ring substituents is 1. The van der Waals surface area contributed by atoms with Crippen LogP contribution in [0.15, 0.2) is 36.4 Å². The fraction of sp³-hybridized carbons (Fsp3) is 0.533. The lowest BCUT2D eigenvalue weighted by Crippen LogP contribution is -2.51. The van der Waals surface area contributed by atoms with Gasteiger partial charge in [-0.1, -0.05) is 52.3 Å². The molecular weight excluding hydrogens is 466 g/mol. The third-order valence-corrected chi connectivity index (χ3v) is 9.34. The van der Waals surface area contributed by atoms with Gasteiger partial charge in [-0.15, -0.1) is 0 Å². The monoisotopic (exact) mass is 503 g/mol. The van der Waals surface area contributed by atoms with Gasteiger partial charge in [-0.3, -0.25) is 24.6 Å². The van der Waals surface area contributed by atoms with Crippen LogP contribution < -0.4 is 10.2 Å². The average molecular weight is 504 g/mol. The molecule has 0 radical (unpaired) electrons. The van der Waals surface area contributed by atoms with Crippen molar-refractivity contribution < 1.29 is 14.5 Å². The summed E-state index contributed by atoms with van der Waals surface area (Å²) in [6, 6.07) is 11.7. The Bertz CT molecular complexity index is 1260. The highest BCUT2D eigenvalue weighted by molar-refractivity contribution is 6.20. The van der Waals surface area contributed by atoms with Gasteiger partial charge >= 0.3 is 0 Å². The Morgan fingerprint density at radius 2 is 1.78 bits per heavy atom. The van der Waals surface area contributed by atoms with E-state index in [2.05, 4.69) is 51.2 Å². The van der Waals surface area contributed by atoms with Gasteiger partial charge in [0.25, 0.3) is 5.69 Å². The Balaban J connectivity index is 1.40. The molecule has 0 unspecified atom stereocenters. The first kappa shape index (κ1) is 25.4. The number of imide groups is 1. The van der Waals surface area contributed by atoms with Crippen LogP contribution in [-0.2, 0) is 21.4 Å². The molecule has 2 aromatic rings. The number of fused-ring (bicyclic) bond motifs is 3. The molecule has 1 heterocycles. The summed E-state index contributed by atoms with van der Waals surface area (Å²) in [5.41, 5.74) is 5.02. The average Bonchev–Trinajstić information content (AvgIpc) is 3.20. The van der Waals surface area contributed by atoms with Crippen molar-refractivity contribution in [2.75, 3.05) is 16.8 Å². The van der Waals surface area contributed by atoms with E-state index in [1.54, 1.807) is 12.1 Å². The molecule has 7 heteroatoms. The van der Waals surface area contributed by atoms with E-state index < -0.39 is 4.92 Å². The fourth-order valence-electron chi connectivity index (χ4n) is 7.34. The minimum Gasteiger partial charge on any atom is -0.379 e. The lowest BCUT2D eigenvalue weighted by atomic mass is 9.49. The summed E-state index contributed by atoms with van der Waals surface area (Å²) in [5.74, 6) is 0.358. The zero-order valence-electron chi connectivity index (χ0n) is 22.3. The number of carbonyl (C=O) groups excluding carboxylic acids is 2. The van der Waals surface area contributed by atoms with Gasteiger partial charge in [0, 0.05) is 25.5 Å². The van der Waals surface area contributed by atoms with Crippen LogP contribution in [0.5, 0.6) is 0 Å². The zero-order valence-corrected chi connectivity index (χ0v) is 22.3. The molecule has 0 aromatic heterocycles. The summed E-state index contributed by atoms with van der Waals surface area (Å²) in [4.78, 5) is 36.9. The molecule has 1 N–H and O–H groups in total. The summed E-state index contributed by atoms with van der Waals surface area (Å²) in [5, 5.41) is 15.4. The summed E-state index contributed by atoms with van der Waals surface area (Å²) in [7, 11) is 0. The number of rotatable bonds is 6. The molecule has 2 aromatic carbocycles. The first-order chi connectivity index (χ1) is 17.5. The minimum absolute atomic E-state index is 0.0190. The topological polar surface area (TPSA) is 92.6 Å². The van der Waals surface area contributed by atoms with Crippen molar-refractivity contribution >= 4 is 28.9 Å². The summed E-state index contributed by atoms with van der Waals surface area (Å²) in [6.07, 6.45) is 5.83.